The zero-order valence-corrected chi connectivity index (χ0v) is 22.8. The Labute approximate surface area is 228 Å². The van der Waals surface area contributed by atoms with Crippen LogP contribution in [0.15, 0.2) is 48.5 Å². The summed E-state index contributed by atoms with van der Waals surface area (Å²) in [5, 5.41) is 32.3. The van der Waals surface area contributed by atoms with Gasteiger partial charge in [0.2, 0.25) is 0 Å². The number of aromatic nitrogens is 2. The van der Waals surface area contributed by atoms with E-state index in [4.69, 9.17) is 19.6 Å². The Bertz CT molecular complexity index is 1240. The van der Waals surface area contributed by atoms with Gasteiger partial charge in [-0.05, 0) is 60.7 Å². The molecule has 0 spiro atoms. The number of carboxylic acid groups (broad SMARTS) is 1. The molecule has 0 fully saturated rings. The second-order valence-electron chi connectivity index (χ2n) is 9.66. The van der Waals surface area contributed by atoms with Crippen molar-refractivity contribution in [3.63, 3.8) is 0 Å². The van der Waals surface area contributed by atoms with E-state index in [-0.39, 0.29) is 24.7 Å². The van der Waals surface area contributed by atoms with Gasteiger partial charge in [-0.3, -0.25) is 9.59 Å². The van der Waals surface area contributed by atoms with Crippen molar-refractivity contribution in [2.75, 3.05) is 14.2 Å². The van der Waals surface area contributed by atoms with E-state index in [0.717, 1.165) is 16.9 Å². The Morgan fingerprint density at radius 2 is 1.54 bits per heavy atom. The van der Waals surface area contributed by atoms with Crippen LogP contribution in [-0.2, 0) is 17.9 Å². The van der Waals surface area contributed by atoms with Gasteiger partial charge in [-0.1, -0.05) is 26.0 Å². The third kappa shape index (κ3) is 8.05. The topological polar surface area (TPSA) is 143 Å². The van der Waals surface area contributed by atoms with Crippen LogP contribution in [0.3, 0.4) is 0 Å². The number of carbonyl (C=O) groups excluding carboxylic acids is 1. The van der Waals surface area contributed by atoms with E-state index in [1.54, 1.807) is 14.2 Å². The van der Waals surface area contributed by atoms with Gasteiger partial charge in [0, 0.05) is 18.7 Å². The van der Waals surface area contributed by atoms with Crippen molar-refractivity contribution in [3.8, 4) is 22.9 Å². The minimum Gasteiger partial charge on any atom is -0.497 e. The Kier molecular flexibility index (Phi) is 10.5. The summed E-state index contributed by atoms with van der Waals surface area (Å²) < 4.78 is 12.4. The average molecular weight is 540 g/mol. The molecule has 2 atom stereocenters. The molecule has 0 aliphatic rings. The maximum atomic E-state index is 13.4. The average Bonchev–Trinajstić information content (AvgIpc) is 3.30. The molecule has 0 radical (unpaired) electrons. The number of ether oxygens (including phenoxy) is 2. The summed E-state index contributed by atoms with van der Waals surface area (Å²) in [5.74, 6) is 0.461. The third-order valence-corrected chi connectivity index (χ3v) is 6.37. The summed E-state index contributed by atoms with van der Waals surface area (Å²) in [6.45, 7) is 4.57. The first-order valence-electron chi connectivity index (χ1n) is 12.9. The number of nitrogens with one attached hydrogen (secondary N) is 1. The monoisotopic (exact) mass is 539 g/mol. The number of hydrogen-bond acceptors (Lipinski definition) is 7. The number of nitrogens with zero attached hydrogens (tertiary/aromatic N) is 2. The molecule has 39 heavy (non-hydrogen) atoms. The maximum absolute atomic E-state index is 13.4. The molecule has 1 heterocycles. The standard InChI is InChI=1S/C29H37N3O7/c1-18(2)27-26(29(37)30-17-19-5-9-23(38-3)10-6-19)31-28(20-7-11-24(39-4)12-8-20)32(27)14-13-21(33)15-22(34)16-25(35)36/h5-12,18,21-22,33-34H,13-17H2,1-4H3,(H,30,37)(H,35,36)/t21-,22-/m1/s1. The van der Waals surface area contributed by atoms with E-state index in [9.17, 15) is 19.8 Å². The molecule has 2 aromatic carbocycles. The molecule has 0 unspecified atom stereocenters. The summed E-state index contributed by atoms with van der Waals surface area (Å²) in [7, 11) is 3.18. The van der Waals surface area contributed by atoms with Gasteiger partial charge >= 0.3 is 5.97 Å². The lowest BCUT2D eigenvalue weighted by Crippen LogP contribution is -2.25. The van der Waals surface area contributed by atoms with Crippen LogP contribution < -0.4 is 14.8 Å². The molecule has 0 aliphatic heterocycles. The van der Waals surface area contributed by atoms with Gasteiger partial charge < -0.3 is 34.7 Å². The highest BCUT2D eigenvalue weighted by Gasteiger charge is 2.26. The zero-order chi connectivity index (χ0) is 28.5. The van der Waals surface area contributed by atoms with Crippen molar-refractivity contribution < 1.29 is 34.4 Å². The number of carbonyl (C=O) groups is 2. The Morgan fingerprint density at radius 3 is 2.08 bits per heavy atom. The fourth-order valence-corrected chi connectivity index (χ4v) is 4.41. The minimum absolute atomic E-state index is 0.0644. The predicted octanol–water partition coefficient (Wildman–Crippen LogP) is 3.60. The SMILES string of the molecule is COc1ccc(CNC(=O)c2nc(-c3ccc(OC)cc3)n(CC[C@@H](O)C[C@@H](O)CC(=O)O)c2C(C)C)cc1. The normalized spacial score (nSPS) is 12.7. The maximum Gasteiger partial charge on any atom is 0.305 e. The van der Waals surface area contributed by atoms with Crippen LogP contribution in [0.1, 0.15) is 60.8 Å². The van der Waals surface area contributed by atoms with Crippen LogP contribution in [0.4, 0.5) is 0 Å². The van der Waals surface area contributed by atoms with Crippen molar-refractivity contribution in [1.82, 2.24) is 14.9 Å². The third-order valence-electron chi connectivity index (χ3n) is 6.37. The smallest absolute Gasteiger partial charge is 0.305 e. The summed E-state index contributed by atoms with van der Waals surface area (Å²) in [6, 6.07) is 14.7. The fourth-order valence-electron chi connectivity index (χ4n) is 4.41. The van der Waals surface area contributed by atoms with Gasteiger partial charge in [0.1, 0.15) is 23.0 Å². The van der Waals surface area contributed by atoms with Crippen LogP contribution in [0, 0.1) is 0 Å². The highest BCUT2D eigenvalue weighted by atomic mass is 16.5. The largest absolute Gasteiger partial charge is 0.497 e. The summed E-state index contributed by atoms with van der Waals surface area (Å²) in [5.41, 5.74) is 2.69. The Hall–Kier alpha value is -3.89. The van der Waals surface area contributed by atoms with E-state index >= 15 is 0 Å². The van der Waals surface area contributed by atoms with Crippen LogP contribution in [-0.4, -0.2) is 63.2 Å². The number of aliphatic hydroxyl groups is 2. The summed E-state index contributed by atoms with van der Waals surface area (Å²) in [6.07, 6.45) is -2.34. The molecular weight excluding hydrogens is 502 g/mol. The number of methoxy groups -OCH3 is 2. The summed E-state index contributed by atoms with van der Waals surface area (Å²) in [4.78, 5) is 29.0. The van der Waals surface area contributed by atoms with Crippen LogP contribution in [0.25, 0.3) is 11.4 Å². The van der Waals surface area contributed by atoms with E-state index in [2.05, 4.69) is 5.32 Å². The minimum atomic E-state index is -1.15. The molecule has 0 saturated carbocycles. The van der Waals surface area contributed by atoms with Gasteiger partial charge in [0.05, 0.1) is 38.5 Å². The molecule has 3 rings (SSSR count). The molecule has 210 valence electrons. The molecule has 1 aromatic heterocycles. The lowest BCUT2D eigenvalue weighted by Gasteiger charge is -2.19. The van der Waals surface area contributed by atoms with Crippen LogP contribution >= 0.6 is 0 Å². The lowest BCUT2D eigenvalue weighted by atomic mass is 10.0. The van der Waals surface area contributed by atoms with E-state index in [0.29, 0.717) is 36.1 Å². The number of benzene rings is 2. The fraction of sp³-hybridized carbons (Fsp3) is 0.414. The van der Waals surface area contributed by atoms with E-state index in [1.807, 2.05) is 66.9 Å². The number of imidazole rings is 1. The van der Waals surface area contributed by atoms with Crippen molar-refractivity contribution in [2.24, 2.45) is 0 Å². The van der Waals surface area contributed by atoms with Crippen LogP contribution in [0.2, 0.25) is 0 Å². The highest BCUT2D eigenvalue weighted by Crippen LogP contribution is 2.30. The lowest BCUT2D eigenvalue weighted by molar-refractivity contribution is -0.139. The first kappa shape index (κ1) is 29.7. The molecule has 10 heteroatoms. The Morgan fingerprint density at radius 1 is 0.949 bits per heavy atom. The molecular formula is C29H37N3O7. The number of hydrogen-bond donors (Lipinski definition) is 4. The number of amides is 1. The number of rotatable bonds is 14. The molecule has 1 amide bonds. The number of carboxylic acids is 1. The predicted molar refractivity (Wildman–Crippen MR) is 146 cm³/mol. The molecule has 10 nitrogen and oxygen atoms in total. The first-order chi connectivity index (χ1) is 18.6. The summed E-state index contributed by atoms with van der Waals surface area (Å²) >= 11 is 0. The van der Waals surface area contributed by atoms with Gasteiger partial charge in [0.15, 0.2) is 0 Å². The highest BCUT2D eigenvalue weighted by molar-refractivity contribution is 5.94. The number of aliphatic carboxylic acids is 1. The quantitative estimate of drug-likeness (QED) is 0.243. The van der Waals surface area contributed by atoms with Crippen molar-refractivity contribution in [3.05, 3.63) is 65.5 Å². The Balaban J connectivity index is 1.90. The van der Waals surface area contributed by atoms with Gasteiger partial charge in [-0.15, -0.1) is 0 Å². The van der Waals surface area contributed by atoms with Gasteiger partial charge in [-0.25, -0.2) is 4.98 Å². The second-order valence-corrected chi connectivity index (χ2v) is 9.66. The number of aliphatic hydroxyl groups excluding tert-OH is 2. The van der Waals surface area contributed by atoms with Crippen molar-refractivity contribution >= 4 is 11.9 Å². The second kappa shape index (κ2) is 13.8. The van der Waals surface area contributed by atoms with E-state index in [1.165, 1.54) is 0 Å². The molecule has 4 N–H and O–H groups in total. The van der Waals surface area contributed by atoms with Gasteiger partial charge in [-0.2, -0.15) is 0 Å². The van der Waals surface area contributed by atoms with Crippen molar-refractivity contribution in [2.45, 2.75) is 64.3 Å². The van der Waals surface area contributed by atoms with Gasteiger partial charge in [0.25, 0.3) is 5.91 Å². The van der Waals surface area contributed by atoms with E-state index < -0.39 is 24.6 Å². The first-order valence-corrected chi connectivity index (χ1v) is 12.9. The molecule has 0 aliphatic carbocycles. The molecule has 0 saturated heterocycles. The van der Waals surface area contributed by atoms with Crippen molar-refractivity contribution in [1.29, 1.82) is 0 Å². The van der Waals surface area contributed by atoms with Crippen LogP contribution in [0.5, 0.6) is 11.5 Å². The molecule has 0 bridgehead atoms. The zero-order valence-electron chi connectivity index (χ0n) is 22.8. The molecule has 3 aromatic rings.